The molecule has 0 N–H and O–H groups in total. The van der Waals surface area contributed by atoms with E-state index in [0.29, 0.717) is 24.3 Å². The fourth-order valence-corrected chi connectivity index (χ4v) is 3.09. The predicted octanol–water partition coefficient (Wildman–Crippen LogP) is 3.67. The topological polar surface area (TPSA) is 29.5 Å². The Balaban J connectivity index is 1.68. The number of nitrogens with zero attached hydrogens (tertiary/aromatic N) is 1. The first kappa shape index (κ1) is 17.0. The molecule has 1 saturated heterocycles. The molecule has 22 heavy (non-hydrogen) atoms. The zero-order chi connectivity index (χ0) is 15.8. The number of hydrogen-bond acceptors (Lipinski definition) is 2. The summed E-state index contributed by atoms with van der Waals surface area (Å²) in [5, 5.41) is 0. The highest BCUT2D eigenvalue weighted by atomic mass is 16.5. The van der Waals surface area contributed by atoms with Gasteiger partial charge in [-0.15, -0.1) is 0 Å². The van der Waals surface area contributed by atoms with Crippen LogP contribution in [0.5, 0.6) is 0 Å². The maximum Gasteiger partial charge on any atom is 0.222 e. The average molecular weight is 303 g/mol. The second-order valence-corrected chi connectivity index (χ2v) is 6.37. The molecule has 1 heterocycles. The summed E-state index contributed by atoms with van der Waals surface area (Å²) in [6.07, 6.45) is 5.12. The van der Waals surface area contributed by atoms with Crippen LogP contribution in [0.3, 0.4) is 0 Å². The summed E-state index contributed by atoms with van der Waals surface area (Å²) in [5.74, 6) is 0.757. The van der Waals surface area contributed by atoms with Crippen molar-refractivity contribution in [1.82, 2.24) is 4.90 Å². The smallest absolute Gasteiger partial charge is 0.222 e. The van der Waals surface area contributed by atoms with Crippen LogP contribution in [0.15, 0.2) is 30.3 Å². The van der Waals surface area contributed by atoms with Gasteiger partial charge >= 0.3 is 0 Å². The molecular weight excluding hydrogens is 274 g/mol. The first-order valence-electron chi connectivity index (χ1n) is 8.62. The number of rotatable bonds is 7. The summed E-state index contributed by atoms with van der Waals surface area (Å²) in [4.78, 5) is 14.4. The molecule has 1 aromatic carbocycles. The molecule has 1 aliphatic heterocycles. The highest BCUT2D eigenvalue weighted by molar-refractivity contribution is 5.76. The van der Waals surface area contributed by atoms with Crippen LogP contribution in [0, 0.1) is 5.92 Å². The van der Waals surface area contributed by atoms with Crippen LogP contribution in [0.4, 0.5) is 0 Å². The molecule has 1 aromatic rings. The van der Waals surface area contributed by atoms with Gasteiger partial charge in [0.15, 0.2) is 0 Å². The van der Waals surface area contributed by atoms with Crippen molar-refractivity contribution < 1.29 is 9.53 Å². The van der Waals surface area contributed by atoms with Gasteiger partial charge in [-0.2, -0.15) is 0 Å². The number of likely N-dealkylation sites (tertiary alicyclic amines) is 1. The minimum absolute atomic E-state index is 0.315. The molecule has 1 fully saturated rings. The monoisotopic (exact) mass is 303 g/mol. The zero-order valence-corrected chi connectivity index (χ0v) is 14.0. The van der Waals surface area contributed by atoms with E-state index in [1.54, 1.807) is 0 Å². The predicted molar refractivity (Wildman–Crippen MR) is 89.8 cm³/mol. The van der Waals surface area contributed by atoms with Crippen molar-refractivity contribution in [3.8, 4) is 0 Å². The first-order chi connectivity index (χ1) is 10.7. The summed E-state index contributed by atoms with van der Waals surface area (Å²) in [6, 6.07) is 10.5. The molecule has 1 amide bonds. The summed E-state index contributed by atoms with van der Waals surface area (Å²) in [6.45, 7) is 6.71. The van der Waals surface area contributed by atoms with Crippen LogP contribution in [0.2, 0.25) is 0 Å². The van der Waals surface area contributed by atoms with E-state index in [0.717, 1.165) is 45.4 Å². The minimum Gasteiger partial charge on any atom is -0.378 e. The van der Waals surface area contributed by atoms with Crippen LogP contribution in [0.25, 0.3) is 0 Å². The number of ether oxygens (including phenoxy) is 1. The highest BCUT2D eigenvalue weighted by Crippen LogP contribution is 2.18. The number of carbonyl (C=O) groups excluding carboxylic acids is 1. The van der Waals surface area contributed by atoms with Gasteiger partial charge < -0.3 is 9.64 Å². The second kappa shape index (κ2) is 8.94. The fourth-order valence-electron chi connectivity index (χ4n) is 3.09. The van der Waals surface area contributed by atoms with E-state index in [1.165, 1.54) is 5.56 Å². The van der Waals surface area contributed by atoms with Crippen molar-refractivity contribution in [2.75, 3.05) is 19.7 Å². The molecule has 3 heteroatoms. The molecule has 122 valence electrons. The number of benzene rings is 1. The standard InChI is InChI=1S/C19H29NO2/c1-3-22-18-11-13-20(14-12-18)19(21)15-16(2)9-10-17-7-5-4-6-8-17/h4-8,16,18H,3,9-15H2,1-2H3/t16-/m0/s1. The Morgan fingerprint density at radius 2 is 1.95 bits per heavy atom. The van der Waals surface area contributed by atoms with E-state index >= 15 is 0 Å². The molecule has 0 unspecified atom stereocenters. The normalized spacial score (nSPS) is 17.5. The number of piperidine rings is 1. The first-order valence-corrected chi connectivity index (χ1v) is 8.62. The number of amides is 1. The van der Waals surface area contributed by atoms with Crippen molar-refractivity contribution in [3.63, 3.8) is 0 Å². The van der Waals surface area contributed by atoms with Gasteiger partial charge in [-0.25, -0.2) is 0 Å². The lowest BCUT2D eigenvalue weighted by molar-refractivity contribution is -0.134. The van der Waals surface area contributed by atoms with Gasteiger partial charge in [0.25, 0.3) is 0 Å². The maximum atomic E-state index is 12.4. The molecule has 3 nitrogen and oxygen atoms in total. The maximum absolute atomic E-state index is 12.4. The van der Waals surface area contributed by atoms with Crippen LogP contribution in [-0.2, 0) is 16.0 Å². The Bertz CT molecular complexity index is 438. The van der Waals surface area contributed by atoms with E-state index in [9.17, 15) is 4.79 Å². The molecule has 2 rings (SSSR count). The van der Waals surface area contributed by atoms with E-state index in [-0.39, 0.29) is 0 Å². The van der Waals surface area contributed by atoms with Gasteiger partial charge in [0, 0.05) is 26.1 Å². The molecule has 0 aromatic heterocycles. The minimum atomic E-state index is 0.315. The Morgan fingerprint density at radius 1 is 1.27 bits per heavy atom. The molecule has 1 atom stereocenters. The third-order valence-corrected chi connectivity index (χ3v) is 4.49. The van der Waals surface area contributed by atoms with Crippen molar-refractivity contribution in [2.24, 2.45) is 5.92 Å². The number of aryl methyl sites for hydroxylation is 1. The molecule has 0 saturated carbocycles. The Morgan fingerprint density at radius 3 is 2.59 bits per heavy atom. The fraction of sp³-hybridized carbons (Fsp3) is 0.632. The molecule has 0 aliphatic carbocycles. The van der Waals surface area contributed by atoms with Crippen LogP contribution >= 0.6 is 0 Å². The van der Waals surface area contributed by atoms with Crippen LogP contribution < -0.4 is 0 Å². The molecule has 0 bridgehead atoms. The average Bonchev–Trinajstić information content (AvgIpc) is 2.55. The molecular formula is C19H29NO2. The lowest BCUT2D eigenvalue weighted by atomic mass is 9.97. The molecule has 0 spiro atoms. The zero-order valence-electron chi connectivity index (χ0n) is 14.0. The van der Waals surface area contributed by atoms with E-state index in [1.807, 2.05) is 17.9 Å². The Hall–Kier alpha value is -1.35. The highest BCUT2D eigenvalue weighted by Gasteiger charge is 2.23. The third kappa shape index (κ3) is 5.45. The summed E-state index contributed by atoms with van der Waals surface area (Å²) >= 11 is 0. The van der Waals surface area contributed by atoms with Crippen LogP contribution in [0.1, 0.15) is 45.1 Å². The van der Waals surface area contributed by atoms with Crippen LogP contribution in [-0.4, -0.2) is 36.6 Å². The largest absolute Gasteiger partial charge is 0.378 e. The van der Waals surface area contributed by atoms with Gasteiger partial charge in [0.1, 0.15) is 0 Å². The summed E-state index contributed by atoms with van der Waals surface area (Å²) < 4.78 is 5.64. The number of carbonyl (C=O) groups is 1. The molecule has 0 radical (unpaired) electrons. The van der Waals surface area contributed by atoms with Gasteiger partial charge in [-0.3, -0.25) is 4.79 Å². The SMILES string of the molecule is CCOC1CCN(C(=O)C[C@@H](C)CCc2ccccc2)CC1. The second-order valence-electron chi connectivity index (χ2n) is 6.37. The van der Waals surface area contributed by atoms with Crippen molar-refractivity contribution in [3.05, 3.63) is 35.9 Å². The summed E-state index contributed by atoms with van der Waals surface area (Å²) in [5.41, 5.74) is 1.36. The van der Waals surface area contributed by atoms with Gasteiger partial charge in [0.05, 0.1) is 6.10 Å². The van der Waals surface area contributed by atoms with Gasteiger partial charge in [-0.05, 0) is 44.1 Å². The lowest BCUT2D eigenvalue weighted by Gasteiger charge is -2.32. The quantitative estimate of drug-likeness (QED) is 0.769. The third-order valence-electron chi connectivity index (χ3n) is 4.49. The number of hydrogen-bond donors (Lipinski definition) is 0. The van der Waals surface area contributed by atoms with E-state index in [2.05, 4.69) is 31.2 Å². The van der Waals surface area contributed by atoms with Crippen molar-refractivity contribution in [2.45, 2.75) is 52.1 Å². The Labute approximate surface area is 134 Å². The Kier molecular flexibility index (Phi) is 6.91. The van der Waals surface area contributed by atoms with E-state index < -0.39 is 0 Å². The van der Waals surface area contributed by atoms with Gasteiger partial charge in [-0.1, -0.05) is 37.3 Å². The van der Waals surface area contributed by atoms with Crippen molar-refractivity contribution >= 4 is 5.91 Å². The lowest BCUT2D eigenvalue weighted by Crippen LogP contribution is -2.41. The van der Waals surface area contributed by atoms with E-state index in [4.69, 9.17) is 4.74 Å². The molecule has 1 aliphatic rings. The van der Waals surface area contributed by atoms with Crippen molar-refractivity contribution in [1.29, 1.82) is 0 Å². The van der Waals surface area contributed by atoms with Gasteiger partial charge in [0.2, 0.25) is 5.91 Å². The summed E-state index contributed by atoms with van der Waals surface area (Å²) in [7, 11) is 0.